The van der Waals surface area contributed by atoms with E-state index in [9.17, 15) is 5.11 Å². The lowest BCUT2D eigenvalue weighted by atomic mass is 10.0. The highest BCUT2D eigenvalue weighted by Gasteiger charge is 2.08. The molecule has 0 aliphatic heterocycles. The molecule has 0 aliphatic rings. The fourth-order valence-electron chi connectivity index (χ4n) is 1.64. The molecule has 1 unspecified atom stereocenters. The third kappa shape index (κ3) is 2.20. The van der Waals surface area contributed by atoms with Crippen LogP contribution in [0.2, 0.25) is 0 Å². The zero-order valence-electron chi connectivity index (χ0n) is 9.01. The van der Waals surface area contributed by atoms with Crippen LogP contribution in [0.15, 0.2) is 61.2 Å². The van der Waals surface area contributed by atoms with Gasteiger partial charge in [-0.2, -0.15) is 0 Å². The molecule has 0 aliphatic carbocycles. The molecule has 0 aromatic heterocycles. The summed E-state index contributed by atoms with van der Waals surface area (Å²) in [6.07, 6.45) is 1.23. The SMILES string of the molecule is C=Cc1ccc(C(O)c2ccccc2)cc1. The van der Waals surface area contributed by atoms with Crippen molar-refractivity contribution in [3.63, 3.8) is 0 Å². The lowest BCUT2D eigenvalue weighted by Gasteiger charge is -2.11. The Kier molecular flexibility index (Phi) is 3.18. The van der Waals surface area contributed by atoms with Crippen molar-refractivity contribution in [3.05, 3.63) is 77.9 Å². The summed E-state index contributed by atoms with van der Waals surface area (Å²) in [5.74, 6) is 0. The van der Waals surface area contributed by atoms with Gasteiger partial charge in [0.1, 0.15) is 6.10 Å². The van der Waals surface area contributed by atoms with Crippen molar-refractivity contribution in [1.29, 1.82) is 0 Å². The molecule has 1 nitrogen and oxygen atoms in total. The lowest BCUT2D eigenvalue weighted by molar-refractivity contribution is 0.220. The van der Waals surface area contributed by atoms with Crippen LogP contribution in [0, 0.1) is 0 Å². The van der Waals surface area contributed by atoms with Crippen molar-refractivity contribution in [2.45, 2.75) is 6.10 Å². The van der Waals surface area contributed by atoms with Crippen molar-refractivity contribution >= 4 is 6.08 Å². The van der Waals surface area contributed by atoms with Gasteiger partial charge in [0.05, 0.1) is 0 Å². The topological polar surface area (TPSA) is 20.2 Å². The van der Waals surface area contributed by atoms with Gasteiger partial charge in [0, 0.05) is 0 Å². The van der Waals surface area contributed by atoms with E-state index in [1.54, 1.807) is 6.08 Å². The van der Waals surface area contributed by atoms with Gasteiger partial charge in [0.25, 0.3) is 0 Å². The first kappa shape index (κ1) is 10.7. The Morgan fingerprint density at radius 1 is 0.875 bits per heavy atom. The van der Waals surface area contributed by atoms with E-state index in [0.717, 1.165) is 16.7 Å². The summed E-state index contributed by atoms with van der Waals surface area (Å²) >= 11 is 0. The molecule has 0 fully saturated rings. The highest BCUT2D eigenvalue weighted by atomic mass is 16.3. The Labute approximate surface area is 95.7 Å². The maximum atomic E-state index is 10.1. The van der Waals surface area contributed by atoms with Gasteiger partial charge in [0.2, 0.25) is 0 Å². The molecule has 1 N–H and O–H groups in total. The minimum Gasteiger partial charge on any atom is -0.384 e. The van der Waals surface area contributed by atoms with Gasteiger partial charge in [-0.25, -0.2) is 0 Å². The van der Waals surface area contributed by atoms with Crippen molar-refractivity contribution in [1.82, 2.24) is 0 Å². The van der Waals surface area contributed by atoms with Crippen molar-refractivity contribution in [2.75, 3.05) is 0 Å². The second-order valence-corrected chi connectivity index (χ2v) is 3.68. The van der Waals surface area contributed by atoms with E-state index in [1.165, 1.54) is 0 Å². The van der Waals surface area contributed by atoms with E-state index >= 15 is 0 Å². The summed E-state index contributed by atoms with van der Waals surface area (Å²) in [5, 5.41) is 10.1. The fraction of sp³-hybridized carbons (Fsp3) is 0.0667. The van der Waals surface area contributed by atoms with Crippen LogP contribution in [0.25, 0.3) is 6.08 Å². The highest BCUT2D eigenvalue weighted by molar-refractivity contribution is 5.48. The number of aliphatic hydroxyl groups excluding tert-OH is 1. The summed E-state index contributed by atoms with van der Waals surface area (Å²) in [6.45, 7) is 3.70. The summed E-state index contributed by atoms with van der Waals surface area (Å²) in [4.78, 5) is 0. The molecule has 0 radical (unpaired) electrons. The van der Waals surface area contributed by atoms with Crippen molar-refractivity contribution in [3.8, 4) is 0 Å². The first-order valence-corrected chi connectivity index (χ1v) is 5.26. The quantitative estimate of drug-likeness (QED) is 0.823. The first-order valence-electron chi connectivity index (χ1n) is 5.26. The van der Waals surface area contributed by atoms with Gasteiger partial charge in [0.15, 0.2) is 0 Å². The number of aliphatic hydroxyl groups is 1. The average Bonchev–Trinajstić information content (AvgIpc) is 2.39. The van der Waals surface area contributed by atoms with Crippen molar-refractivity contribution in [2.24, 2.45) is 0 Å². The zero-order valence-corrected chi connectivity index (χ0v) is 9.01. The minimum absolute atomic E-state index is 0.555. The van der Waals surface area contributed by atoms with E-state index in [1.807, 2.05) is 54.6 Å². The molecule has 0 amide bonds. The Balaban J connectivity index is 2.27. The molecule has 1 atom stereocenters. The summed E-state index contributed by atoms with van der Waals surface area (Å²) in [5.41, 5.74) is 2.87. The second-order valence-electron chi connectivity index (χ2n) is 3.68. The monoisotopic (exact) mass is 210 g/mol. The molecular weight excluding hydrogens is 196 g/mol. The van der Waals surface area contributed by atoms with Crippen LogP contribution in [0.1, 0.15) is 22.8 Å². The Morgan fingerprint density at radius 2 is 1.44 bits per heavy atom. The van der Waals surface area contributed by atoms with E-state index in [0.29, 0.717) is 0 Å². The molecule has 0 saturated heterocycles. The van der Waals surface area contributed by atoms with E-state index < -0.39 is 6.10 Å². The summed E-state index contributed by atoms with van der Waals surface area (Å²) in [7, 11) is 0. The maximum absolute atomic E-state index is 10.1. The normalized spacial score (nSPS) is 12.1. The number of rotatable bonds is 3. The molecule has 16 heavy (non-hydrogen) atoms. The van der Waals surface area contributed by atoms with Crippen LogP contribution in [-0.2, 0) is 0 Å². The third-order valence-corrected chi connectivity index (χ3v) is 2.60. The predicted molar refractivity (Wildman–Crippen MR) is 67.0 cm³/mol. The maximum Gasteiger partial charge on any atom is 0.104 e. The van der Waals surface area contributed by atoms with Gasteiger partial charge in [-0.15, -0.1) is 0 Å². The smallest absolute Gasteiger partial charge is 0.104 e. The molecule has 0 saturated carbocycles. The molecular formula is C15H14O. The molecule has 2 rings (SSSR count). The molecule has 2 aromatic rings. The first-order chi connectivity index (χ1) is 7.81. The lowest BCUT2D eigenvalue weighted by Crippen LogP contribution is -1.98. The second kappa shape index (κ2) is 4.77. The Morgan fingerprint density at radius 3 is 2.00 bits per heavy atom. The van der Waals surface area contributed by atoms with Gasteiger partial charge in [-0.05, 0) is 16.7 Å². The summed E-state index contributed by atoms with van der Waals surface area (Å²) < 4.78 is 0. The summed E-state index contributed by atoms with van der Waals surface area (Å²) in [6, 6.07) is 17.4. The highest BCUT2D eigenvalue weighted by Crippen LogP contribution is 2.21. The predicted octanol–water partition coefficient (Wildman–Crippen LogP) is 3.41. The van der Waals surface area contributed by atoms with Gasteiger partial charge in [-0.3, -0.25) is 0 Å². The fourth-order valence-corrected chi connectivity index (χ4v) is 1.64. The third-order valence-electron chi connectivity index (χ3n) is 2.60. The largest absolute Gasteiger partial charge is 0.384 e. The van der Waals surface area contributed by atoms with E-state index in [4.69, 9.17) is 0 Å². The van der Waals surface area contributed by atoms with Crippen LogP contribution in [0.4, 0.5) is 0 Å². The van der Waals surface area contributed by atoms with E-state index in [2.05, 4.69) is 6.58 Å². The standard InChI is InChI=1S/C15H14O/c1-2-12-8-10-14(11-9-12)15(16)13-6-4-3-5-7-13/h2-11,15-16H,1H2. The molecule has 2 aromatic carbocycles. The van der Waals surface area contributed by atoms with Crippen LogP contribution in [-0.4, -0.2) is 5.11 Å². The van der Waals surface area contributed by atoms with Crippen LogP contribution in [0.5, 0.6) is 0 Å². The number of hydrogen-bond acceptors (Lipinski definition) is 1. The van der Waals surface area contributed by atoms with Crippen molar-refractivity contribution < 1.29 is 5.11 Å². The number of hydrogen-bond donors (Lipinski definition) is 1. The number of benzene rings is 2. The van der Waals surface area contributed by atoms with Gasteiger partial charge >= 0.3 is 0 Å². The molecule has 0 spiro atoms. The van der Waals surface area contributed by atoms with Crippen LogP contribution in [0.3, 0.4) is 0 Å². The van der Waals surface area contributed by atoms with Gasteiger partial charge < -0.3 is 5.11 Å². The Hall–Kier alpha value is -1.86. The van der Waals surface area contributed by atoms with E-state index in [-0.39, 0.29) is 0 Å². The molecule has 80 valence electrons. The zero-order chi connectivity index (χ0) is 11.4. The minimum atomic E-state index is -0.555. The van der Waals surface area contributed by atoms with Crippen LogP contribution >= 0.6 is 0 Å². The molecule has 1 heteroatoms. The molecule has 0 bridgehead atoms. The Bertz CT molecular complexity index is 457. The molecule has 0 heterocycles. The van der Waals surface area contributed by atoms with Crippen LogP contribution < -0.4 is 0 Å². The average molecular weight is 210 g/mol. The van der Waals surface area contributed by atoms with Gasteiger partial charge in [-0.1, -0.05) is 67.3 Å².